The Bertz CT molecular complexity index is 1030. The van der Waals surface area contributed by atoms with E-state index < -0.39 is 5.12 Å². The van der Waals surface area contributed by atoms with Gasteiger partial charge in [-0.15, -0.1) is 11.3 Å². The van der Waals surface area contributed by atoms with Gasteiger partial charge < -0.3 is 15.4 Å². The molecule has 3 aromatic rings. The van der Waals surface area contributed by atoms with Crippen LogP contribution in [0.4, 0.5) is 5.69 Å². The number of hydrogen-bond donors (Lipinski definition) is 3. The van der Waals surface area contributed by atoms with Crippen LogP contribution in [0.15, 0.2) is 60.2 Å². The van der Waals surface area contributed by atoms with E-state index in [1.807, 2.05) is 29.9 Å². The van der Waals surface area contributed by atoms with E-state index >= 15 is 0 Å². The number of carbonyl (C=O) groups is 1. The number of nitrogens with zero attached hydrogens (tertiary/aromatic N) is 1. The van der Waals surface area contributed by atoms with Crippen molar-refractivity contribution in [1.29, 1.82) is 0 Å². The van der Waals surface area contributed by atoms with Gasteiger partial charge in [0.2, 0.25) is 5.12 Å². The molecule has 1 amide bonds. The van der Waals surface area contributed by atoms with Gasteiger partial charge in [-0.05, 0) is 37.3 Å². The Labute approximate surface area is 188 Å². The topological polar surface area (TPSA) is 75.3 Å². The number of nitrogens with one attached hydrogen (secondary N) is 3. The summed E-state index contributed by atoms with van der Waals surface area (Å²) in [6.07, 6.45) is 1.85. The van der Waals surface area contributed by atoms with Crippen LogP contribution >= 0.6 is 34.7 Å². The molecule has 0 spiro atoms. The first-order valence-electron chi connectivity index (χ1n) is 9.25. The molecule has 2 aromatic carbocycles. The highest BCUT2D eigenvalue weighted by Gasteiger charge is 2.49. The zero-order valence-corrected chi connectivity index (χ0v) is 18.8. The monoisotopic (exact) mass is 460 g/mol. The number of carbonyl (C=O) groups excluding carboxylic acids is 1. The third kappa shape index (κ3) is 4.27. The summed E-state index contributed by atoms with van der Waals surface area (Å²) in [5, 5.41) is 9.74. The molecule has 156 valence electrons. The highest BCUT2D eigenvalue weighted by atomic mass is 35.5. The van der Waals surface area contributed by atoms with Crippen LogP contribution in [0.1, 0.15) is 22.2 Å². The Kier molecular flexibility index (Phi) is 5.92. The number of rotatable bonds is 6. The maximum Gasteiger partial charge on any atom is 0.254 e. The van der Waals surface area contributed by atoms with Crippen molar-refractivity contribution >= 4 is 46.3 Å². The third-order valence-electron chi connectivity index (χ3n) is 4.80. The minimum Gasteiger partial charge on any atom is -0.495 e. The summed E-state index contributed by atoms with van der Waals surface area (Å²) in [4.78, 5) is 18.3. The predicted octanol–water partition coefficient (Wildman–Crippen LogP) is 4.51. The Balaban J connectivity index is 1.69. The minimum absolute atomic E-state index is 0.197. The Morgan fingerprint density at radius 2 is 2.07 bits per heavy atom. The summed E-state index contributed by atoms with van der Waals surface area (Å²) in [6, 6.07) is 14.5. The first-order chi connectivity index (χ1) is 14.4. The normalized spacial score (nSPS) is 23.2. The van der Waals surface area contributed by atoms with Gasteiger partial charge in [-0.1, -0.05) is 41.6 Å². The number of ether oxygens (including phenoxy) is 1. The molecule has 1 fully saturated rings. The lowest BCUT2D eigenvalue weighted by Gasteiger charge is -2.35. The molecule has 6 nitrogen and oxygen atoms in total. The molecule has 9 heteroatoms. The molecule has 2 atom stereocenters. The van der Waals surface area contributed by atoms with Gasteiger partial charge in [0, 0.05) is 27.4 Å². The maximum atomic E-state index is 13.0. The molecule has 1 aromatic heterocycles. The van der Waals surface area contributed by atoms with Crippen molar-refractivity contribution in [3.63, 3.8) is 0 Å². The molecular weight excluding hydrogens is 440 g/mol. The SMILES string of the molecule is COc1ccc(Cl)cc1NC1(NC(=O)c2ccccc2)NC(C)(c2cncs2)CS1. The van der Waals surface area contributed by atoms with Gasteiger partial charge in [0.25, 0.3) is 5.91 Å². The number of amides is 1. The van der Waals surface area contributed by atoms with E-state index in [2.05, 4.69) is 27.9 Å². The van der Waals surface area contributed by atoms with Crippen molar-refractivity contribution < 1.29 is 9.53 Å². The number of hydrogen-bond acceptors (Lipinski definition) is 7. The number of thiazole rings is 1. The van der Waals surface area contributed by atoms with Crippen LogP contribution in [0, 0.1) is 0 Å². The lowest BCUT2D eigenvalue weighted by molar-refractivity contribution is 0.0922. The molecule has 1 aliphatic heterocycles. The van der Waals surface area contributed by atoms with Crippen molar-refractivity contribution in [2.45, 2.75) is 17.6 Å². The molecule has 3 N–H and O–H groups in total. The van der Waals surface area contributed by atoms with Crippen LogP contribution in [0.2, 0.25) is 5.02 Å². The van der Waals surface area contributed by atoms with Gasteiger partial charge in [0.15, 0.2) is 0 Å². The Hall–Kier alpha value is -2.26. The lowest BCUT2D eigenvalue weighted by Crippen LogP contribution is -2.62. The average Bonchev–Trinajstić information content (AvgIpc) is 3.39. The molecule has 0 bridgehead atoms. The lowest BCUT2D eigenvalue weighted by atomic mass is 10.0. The Morgan fingerprint density at radius 1 is 1.27 bits per heavy atom. The number of anilines is 1. The van der Waals surface area contributed by atoms with Gasteiger partial charge in [0.1, 0.15) is 5.75 Å². The minimum atomic E-state index is -0.983. The van der Waals surface area contributed by atoms with Crippen LogP contribution in [-0.2, 0) is 5.54 Å². The van der Waals surface area contributed by atoms with Crippen molar-refractivity contribution in [2.24, 2.45) is 0 Å². The number of halogens is 1. The second-order valence-corrected chi connectivity index (χ2v) is 9.59. The number of thioether (sulfide) groups is 1. The molecule has 0 aliphatic carbocycles. The van der Waals surface area contributed by atoms with E-state index in [0.717, 1.165) is 10.6 Å². The quantitative estimate of drug-likeness (QED) is 0.470. The van der Waals surface area contributed by atoms with Crippen molar-refractivity contribution in [3.8, 4) is 5.75 Å². The van der Waals surface area contributed by atoms with E-state index in [4.69, 9.17) is 16.3 Å². The van der Waals surface area contributed by atoms with Crippen molar-refractivity contribution in [3.05, 3.63) is 75.7 Å². The third-order valence-corrected chi connectivity index (χ3v) is 7.54. The van der Waals surface area contributed by atoms with E-state index in [1.165, 1.54) is 0 Å². The van der Waals surface area contributed by atoms with Crippen LogP contribution in [0.3, 0.4) is 0 Å². The second kappa shape index (κ2) is 8.47. The highest BCUT2D eigenvalue weighted by molar-refractivity contribution is 8.01. The molecule has 0 saturated carbocycles. The summed E-state index contributed by atoms with van der Waals surface area (Å²) >= 11 is 9.37. The summed E-state index contributed by atoms with van der Waals surface area (Å²) in [7, 11) is 1.60. The standard InChI is InChI=1S/C21H21ClN4O2S2/c1-20(18-11-23-13-29-18)12-30-21(26-20,25-19(27)14-6-4-3-5-7-14)24-16-10-15(22)8-9-17(16)28-2/h3-11,13,24,26H,12H2,1-2H3,(H,25,27). The average molecular weight is 461 g/mol. The van der Waals surface area contributed by atoms with Gasteiger partial charge in [-0.25, -0.2) is 0 Å². The predicted molar refractivity (Wildman–Crippen MR) is 123 cm³/mol. The van der Waals surface area contributed by atoms with Gasteiger partial charge >= 0.3 is 0 Å². The highest BCUT2D eigenvalue weighted by Crippen LogP contribution is 2.43. The summed E-state index contributed by atoms with van der Waals surface area (Å²) in [5.74, 6) is 1.15. The van der Waals surface area contributed by atoms with E-state index in [9.17, 15) is 4.79 Å². The largest absolute Gasteiger partial charge is 0.495 e. The van der Waals surface area contributed by atoms with Crippen LogP contribution in [-0.4, -0.2) is 28.9 Å². The number of aromatic nitrogens is 1. The van der Waals surface area contributed by atoms with Gasteiger partial charge in [0.05, 0.1) is 23.8 Å². The number of benzene rings is 2. The summed E-state index contributed by atoms with van der Waals surface area (Å²) < 4.78 is 5.49. The first kappa shape index (κ1) is 21.0. The molecule has 0 radical (unpaired) electrons. The van der Waals surface area contributed by atoms with Gasteiger partial charge in [-0.2, -0.15) is 0 Å². The van der Waals surface area contributed by atoms with Crippen molar-refractivity contribution in [1.82, 2.24) is 15.6 Å². The fourth-order valence-corrected chi connectivity index (χ4v) is 5.67. The summed E-state index contributed by atoms with van der Waals surface area (Å²) in [6.45, 7) is 2.10. The maximum absolute atomic E-state index is 13.0. The molecular formula is C21H21ClN4O2S2. The molecule has 4 rings (SSSR count). The summed E-state index contributed by atoms with van der Waals surface area (Å²) in [5.41, 5.74) is 2.68. The Morgan fingerprint density at radius 3 is 2.77 bits per heavy atom. The van der Waals surface area contributed by atoms with E-state index in [1.54, 1.807) is 60.5 Å². The molecule has 2 unspecified atom stereocenters. The molecule has 30 heavy (non-hydrogen) atoms. The zero-order valence-electron chi connectivity index (χ0n) is 16.4. The fourth-order valence-electron chi connectivity index (χ4n) is 3.29. The van der Waals surface area contributed by atoms with Crippen LogP contribution in [0.5, 0.6) is 5.75 Å². The fraction of sp³-hybridized carbons (Fsp3) is 0.238. The van der Waals surface area contributed by atoms with Crippen molar-refractivity contribution in [2.75, 3.05) is 18.2 Å². The second-order valence-electron chi connectivity index (χ2n) is 7.08. The van der Waals surface area contributed by atoms with Gasteiger partial charge in [-0.3, -0.25) is 15.1 Å². The zero-order chi connectivity index (χ0) is 21.2. The van der Waals surface area contributed by atoms with E-state index in [0.29, 0.717) is 22.0 Å². The van der Waals surface area contributed by atoms with Crippen LogP contribution in [0.25, 0.3) is 0 Å². The van der Waals surface area contributed by atoms with E-state index in [-0.39, 0.29) is 11.4 Å². The number of methoxy groups -OCH3 is 1. The smallest absolute Gasteiger partial charge is 0.254 e. The molecule has 1 aliphatic rings. The first-order valence-corrected chi connectivity index (χ1v) is 11.5. The molecule has 1 saturated heterocycles. The molecule has 2 heterocycles. The van der Waals surface area contributed by atoms with Crippen LogP contribution < -0.4 is 20.7 Å².